The van der Waals surface area contributed by atoms with Crippen molar-refractivity contribution in [3.05, 3.63) is 35.5 Å². The Kier molecular flexibility index (Phi) is 5.53. The summed E-state index contributed by atoms with van der Waals surface area (Å²) in [6.07, 6.45) is 1.74. The Morgan fingerprint density at radius 1 is 1.42 bits per heavy atom. The van der Waals surface area contributed by atoms with Crippen LogP contribution in [0.5, 0.6) is 0 Å². The van der Waals surface area contributed by atoms with E-state index in [1.165, 1.54) is 0 Å². The number of aliphatic hydroxyl groups is 1. The first-order valence-corrected chi connectivity index (χ1v) is 8.68. The van der Waals surface area contributed by atoms with Gasteiger partial charge in [-0.2, -0.15) is 0 Å². The first kappa shape index (κ1) is 17.4. The van der Waals surface area contributed by atoms with E-state index in [1.807, 2.05) is 19.1 Å². The fourth-order valence-electron chi connectivity index (χ4n) is 3.59. The lowest BCUT2D eigenvalue weighted by molar-refractivity contribution is 0.0709. The summed E-state index contributed by atoms with van der Waals surface area (Å²) in [4.78, 5) is 0. The number of nitrogens with zero attached hydrogens (tertiary/aromatic N) is 1. The first-order chi connectivity index (χ1) is 11.6. The van der Waals surface area contributed by atoms with E-state index >= 15 is 0 Å². The van der Waals surface area contributed by atoms with Crippen LogP contribution in [0.25, 0.3) is 10.9 Å². The molecule has 6 heteroatoms. The van der Waals surface area contributed by atoms with E-state index in [1.54, 1.807) is 0 Å². The lowest BCUT2D eigenvalue weighted by atomic mass is 10.0. The fourth-order valence-corrected chi connectivity index (χ4v) is 3.59. The highest BCUT2D eigenvalue weighted by molar-refractivity contribution is 5.86. The summed E-state index contributed by atoms with van der Waals surface area (Å²) in [5.74, 6) is 0. The van der Waals surface area contributed by atoms with Gasteiger partial charge in [0, 0.05) is 42.3 Å². The topological polar surface area (TPSA) is 98.5 Å². The lowest BCUT2D eigenvalue weighted by Gasteiger charge is -2.18. The third kappa shape index (κ3) is 3.48. The predicted octanol–water partition coefficient (Wildman–Crippen LogP) is 0.995. The highest BCUT2D eigenvalue weighted by Crippen LogP contribution is 2.29. The zero-order valence-electron chi connectivity index (χ0n) is 14.2. The number of fused-ring (bicyclic) bond motifs is 1. The molecule has 1 aliphatic heterocycles. The highest BCUT2D eigenvalue weighted by Gasteiger charge is 2.21. The number of nitrogens with two attached hydrogens (primary N) is 2. The van der Waals surface area contributed by atoms with Crippen LogP contribution in [0.2, 0.25) is 0 Å². The van der Waals surface area contributed by atoms with Gasteiger partial charge in [-0.25, -0.2) is 0 Å². The maximum atomic E-state index is 10.4. The molecule has 132 valence electrons. The average Bonchev–Trinajstić information content (AvgIpc) is 3.20. The molecule has 6 nitrogen and oxygen atoms in total. The number of ether oxygens (including phenoxy) is 1. The van der Waals surface area contributed by atoms with Gasteiger partial charge in [-0.05, 0) is 31.4 Å². The Morgan fingerprint density at radius 2 is 2.21 bits per heavy atom. The van der Waals surface area contributed by atoms with Crippen LogP contribution in [0.1, 0.15) is 30.1 Å². The van der Waals surface area contributed by atoms with Crippen LogP contribution in [-0.4, -0.2) is 41.7 Å². The number of nitrogens with one attached hydrogen (secondary N) is 1. The van der Waals surface area contributed by atoms with Gasteiger partial charge in [0.2, 0.25) is 0 Å². The molecule has 3 unspecified atom stereocenters. The number of rotatable bonds is 7. The molecule has 0 amide bonds. The molecular weight excluding hydrogens is 304 g/mol. The molecule has 0 bridgehead atoms. The monoisotopic (exact) mass is 332 g/mol. The molecule has 6 N–H and O–H groups in total. The summed E-state index contributed by atoms with van der Waals surface area (Å²) >= 11 is 0. The molecule has 24 heavy (non-hydrogen) atoms. The Labute approximate surface area is 142 Å². The molecule has 0 spiro atoms. The fraction of sp³-hybridized carbons (Fsp3) is 0.556. The summed E-state index contributed by atoms with van der Waals surface area (Å²) in [5, 5.41) is 14.7. The van der Waals surface area contributed by atoms with Crippen molar-refractivity contribution in [1.29, 1.82) is 0 Å². The van der Waals surface area contributed by atoms with E-state index in [0.29, 0.717) is 19.6 Å². The van der Waals surface area contributed by atoms with Gasteiger partial charge in [0.25, 0.3) is 0 Å². The van der Waals surface area contributed by atoms with E-state index in [0.717, 1.165) is 41.6 Å². The van der Waals surface area contributed by atoms with E-state index in [9.17, 15) is 5.11 Å². The van der Waals surface area contributed by atoms with Gasteiger partial charge in [0.05, 0.1) is 12.6 Å². The van der Waals surface area contributed by atoms with Crippen molar-refractivity contribution in [1.82, 2.24) is 9.88 Å². The summed E-state index contributed by atoms with van der Waals surface area (Å²) in [7, 11) is 0. The normalized spacial score (nSPS) is 20.6. The van der Waals surface area contributed by atoms with Crippen LogP contribution in [0, 0.1) is 6.92 Å². The first-order valence-electron chi connectivity index (χ1n) is 8.68. The van der Waals surface area contributed by atoms with Gasteiger partial charge in [-0.15, -0.1) is 0 Å². The van der Waals surface area contributed by atoms with Crippen LogP contribution in [0.3, 0.4) is 0 Å². The van der Waals surface area contributed by atoms with Crippen molar-refractivity contribution >= 4 is 10.9 Å². The van der Waals surface area contributed by atoms with E-state index < -0.39 is 6.23 Å². The van der Waals surface area contributed by atoms with Crippen LogP contribution in [0.4, 0.5) is 0 Å². The standard InChI is InChI=1S/C18H28N4O2/c1-12-18(15(20)9-19)14-6-2-3-7-16(14)22(12)11-17(23)21-10-13-5-4-8-24-13/h2-3,6-7,13,15,17,21,23H,4-5,8-11,19-20H2,1H3. The summed E-state index contributed by atoms with van der Waals surface area (Å²) in [5.41, 5.74) is 15.2. The minimum absolute atomic E-state index is 0.201. The zero-order valence-corrected chi connectivity index (χ0v) is 14.2. The number of hydrogen-bond donors (Lipinski definition) is 4. The molecule has 0 radical (unpaired) electrons. The van der Waals surface area contributed by atoms with E-state index in [-0.39, 0.29) is 12.1 Å². The Bertz CT molecular complexity index is 679. The van der Waals surface area contributed by atoms with Crippen molar-refractivity contribution in [3.8, 4) is 0 Å². The van der Waals surface area contributed by atoms with E-state index in [4.69, 9.17) is 16.2 Å². The van der Waals surface area contributed by atoms with Crippen LogP contribution in [-0.2, 0) is 11.3 Å². The molecule has 0 saturated carbocycles. The van der Waals surface area contributed by atoms with Crippen LogP contribution >= 0.6 is 0 Å². The second kappa shape index (κ2) is 7.63. The molecule has 1 saturated heterocycles. The van der Waals surface area contributed by atoms with Gasteiger partial charge < -0.3 is 25.9 Å². The van der Waals surface area contributed by atoms with Crippen LogP contribution in [0.15, 0.2) is 24.3 Å². The van der Waals surface area contributed by atoms with E-state index in [2.05, 4.69) is 22.0 Å². The molecule has 1 aromatic carbocycles. The second-order valence-corrected chi connectivity index (χ2v) is 6.53. The minimum Gasteiger partial charge on any atom is -0.377 e. The average molecular weight is 332 g/mol. The van der Waals surface area contributed by atoms with Gasteiger partial charge in [-0.3, -0.25) is 5.32 Å². The third-order valence-corrected chi connectivity index (χ3v) is 4.87. The maximum Gasteiger partial charge on any atom is 0.123 e. The summed E-state index contributed by atoms with van der Waals surface area (Å²) < 4.78 is 7.71. The van der Waals surface area contributed by atoms with Gasteiger partial charge in [0.1, 0.15) is 6.23 Å². The molecular formula is C18H28N4O2. The van der Waals surface area contributed by atoms with Crippen molar-refractivity contribution in [2.45, 2.75) is 44.7 Å². The highest BCUT2D eigenvalue weighted by atomic mass is 16.5. The number of benzene rings is 1. The SMILES string of the molecule is Cc1c(C(N)CN)c2ccccc2n1CC(O)NCC1CCCO1. The summed E-state index contributed by atoms with van der Waals surface area (Å²) in [6.45, 7) is 4.40. The number of para-hydroxylation sites is 1. The molecule has 3 atom stereocenters. The number of aliphatic hydroxyl groups excluding tert-OH is 1. The van der Waals surface area contributed by atoms with Gasteiger partial charge >= 0.3 is 0 Å². The number of aromatic nitrogens is 1. The molecule has 2 heterocycles. The predicted molar refractivity (Wildman–Crippen MR) is 95.6 cm³/mol. The minimum atomic E-state index is -0.634. The summed E-state index contributed by atoms with van der Waals surface area (Å²) in [6, 6.07) is 7.93. The molecule has 3 rings (SSSR count). The largest absolute Gasteiger partial charge is 0.377 e. The van der Waals surface area contributed by atoms with Crippen molar-refractivity contribution in [2.24, 2.45) is 11.5 Å². The zero-order chi connectivity index (χ0) is 17.1. The Balaban J connectivity index is 1.79. The van der Waals surface area contributed by atoms with Crippen molar-refractivity contribution in [2.75, 3.05) is 19.7 Å². The molecule has 1 aliphatic rings. The Hall–Kier alpha value is -1.44. The number of hydrogen-bond acceptors (Lipinski definition) is 5. The van der Waals surface area contributed by atoms with Gasteiger partial charge in [-0.1, -0.05) is 18.2 Å². The van der Waals surface area contributed by atoms with Crippen molar-refractivity contribution < 1.29 is 9.84 Å². The quantitative estimate of drug-likeness (QED) is 0.567. The van der Waals surface area contributed by atoms with Crippen molar-refractivity contribution in [3.63, 3.8) is 0 Å². The molecule has 1 fully saturated rings. The molecule has 1 aromatic heterocycles. The molecule has 2 aromatic rings. The molecule has 0 aliphatic carbocycles. The lowest BCUT2D eigenvalue weighted by Crippen LogP contribution is -2.38. The maximum absolute atomic E-state index is 10.4. The Morgan fingerprint density at radius 3 is 2.92 bits per heavy atom. The smallest absolute Gasteiger partial charge is 0.123 e. The third-order valence-electron chi connectivity index (χ3n) is 4.87. The second-order valence-electron chi connectivity index (χ2n) is 6.53. The van der Waals surface area contributed by atoms with Crippen LogP contribution < -0.4 is 16.8 Å². The van der Waals surface area contributed by atoms with Gasteiger partial charge in [0.15, 0.2) is 0 Å².